The molecule has 1 aromatic carbocycles. The number of rotatable bonds is 8. The summed E-state index contributed by atoms with van der Waals surface area (Å²) >= 11 is 0. The Labute approximate surface area is 200 Å². The SMILES string of the molecule is CCCN1CCCc2cc(N=Nc3ncc(C(=O)OCC)c(C)n3)c(NS(=O)(=O)C(F)(F)F)cc21. The molecule has 0 spiro atoms. The topological polar surface area (TPSA) is 126 Å². The first-order chi connectivity index (χ1) is 16.5. The average Bonchev–Trinajstić information content (AvgIpc) is 2.77. The van der Waals surface area contributed by atoms with Gasteiger partial charge in [-0.25, -0.2) is 14.8 Å². The van der Waals surface area contributed by atoms with Crippen LogP contribution in [0.25, 0.3) is 0 Å². The molecule has 35 heavy (non-hydrogen) atoms. The van der Waals surface area contributed by atoms with E-state index in [0.29, 0.717) is 25.2 Å². The number of aryl methyl sites for hydroxylation is 2. The molecular formula is C21H25F3N6O4S. The molecule has 1 N–H and O–H groups in total. The molecule has 0 atom stereocenters. The van der Waals surface area contributed by atoms with Crippen LogP contribution in [0, 0.1) is 6.92 Å². The number of esters is 1. The summed E-state index contributed by atoms with van der Waals surface area (Å²) in [7, 11) is -5.69. The van der Waals surface area contributed by atoms with Crippen LogP contribution in [0.3, 0.4) is 0 Å². The van der Waals surface area contributed by atoms with Crippen molar-refractivity contribution in [3.8, 4) is 0 Å². The number of alkyl halides is 3. The molecule has 0 bridgehead atoms. The Kier molecular flexibility index (Phi) is 7.93. The van der Waals surface area contributed by atoms with Gasteiger partial charge < -0.3 is 9.64 Å². The van der Waals surface area contributed by atoms with Gasteiger partial charge in [0.2, 0.25) is 0 Å². The molecular weight excluding hydrogens is 489 g/mol. The number of halogens is 3. The highest BCUT2D eigenvalue weighted by Crippen LogP contribution is 2.39. The molecule has 0 unspecified atom stereocenters. The van der Waals surface area contributed by atoms with Crippen molar-refractivity contribution in [2.24, 2.45) is 10.2 Å². The number of sulfonamides is 1. The number of benzene rings is 1. The van der Waals surface area contributed by atoms with Gasteiger partial charge in [0.15, 0.2) is 0 Å². The van der Waals surface area contributed by atoms with Gasteiger partial charge in [0.05, 0.1) is 23.6 Å². The van der Waals surface area contributed by atoms with Gasteiger partial charge in [0.25, 0.3) is 5.95 Å². The number of carbonyl (C=O) groups is 1. The van der Waals surface area contributed by atoms with E-state index in [1.165, 1.54) is 25.3 Å². The average molecular weight is 515 g/mol. The van der Waals surface area contributed by atoms with Gasteiger partial charge in [0.1, 0.15) is 5.69 Å². The summed E-state index contributed by atoms with van der Waals surface area (Å²) in [5.74, 6) is -0.769. The standard InChI is InChI=1S/C21H25F3N6O4S/c1-4-8-30-9-6-7-14-10-16(17(11-18(14)30)29-35(32,33)21(22,23)24)27-28-20-25-12-15(13(3)26-20)19(31)34-5-2/h10-12,29H,4-9H2,1-3H3. The fourth-order valence-corrected chi connectivity index (χ4v) is 4.14. The number of hydrogen-bond donors (Lipinski definition) is 1. The van der Waals surface area contributed by atoms with Gasteiger partial charge in [0, 0.05) is 25.0 Å². The lowest BCUT2D eigenvalue weighted by Crippen LogP contribution is -2.31. The maximum Gasteiger partial charge on any atom is 0.516 e. The Hall–Kier alpha value is -3.29. The van der Waals surface area contributed by atoms with Crippen LogP contribution in [0.4, 0.5) is 36.2 Å². The molecule has 14 heteroatoms. The predicted molar refractivity (Wildman–Crippen MR) is 123 cm³/mol. The Morgan fingerprint density at radius 1 is 1.26 bits per heavy atom. The molecule has 2 aromatic rings. The lowest BCUT2D eigenvalue weighted by atomic mass is 10.00. The van der Waals surface area contributed by atoms with Crippen LogP contribution in [0.15, 0.2) is 28.6 Å². The second-order valence-corrected chi connectivity index (χ2v) is 9.40. The van der Waals surface area contributed by atoms with Crippen LogP contribution in [0.1, 0.15) is 48.3 Å². The van der Waals surface area contributed by atoms with E-state index in [4.69, 9.17) is 4.74 Å². The van der Waals surface area contributed by atoms with E-state index in [-0.39, 0.29) is 35.2 Å². The Bertz CT molecular complexity index is 1230. The third kappa shape index (κ3) is 6.05. The minimum Gasteiger partial charge on any atom is -0.462 e. The van der Waals surface area contributed by atoms with Gasteiger partial charge in [-0.15, -0.1) is 10.2 Å². The van der Waals surface area contributed by atoms with Gasteiger partial charge >= 0.3 is 21.5 Å². The van der Waals surface area contributed by atoms with E-state index < -0.39 is 21.5 Å². The maximum absolute atomic E-state index is 13.1. The van der Waals surface area contributed by atoms with E-state index in [1.807, 2.05) is 11.8 Å². The number of hydrogen-bond acceptors (Lipinski definition) is 9. The molecule has 0 fully saturated rings. The van der Waals surface area contributed by atoms with Gasteiger partial charge in [-0.3, -0.25) is 4.72 Å². The largest absolute Gasteiger partial charge is 0.516 e. The number of nitrogens with one attached hydrogen (secondary N) is 1. The minimum atomic E-state index is -5.69. The number of carbonyl (C=O) groups excluding carboxylic acids is 1. The molecule has 0 radical (unpaired) electrons. The lowest BCUT2D eigenvalue weighted by Gasteiger charge is -2.32. The van der Waals surface area contributed by atoms with Crippen molar-refractivity contribution in [3.05, 3.63) is 35.2 Å². The molecule has 1 aromatic heterocycles. The monoisotopic (exact) mass is 514 g/mol. The van der Waals surface area contributed by atoms with E-state index in [0.717, 1.165) is 18.4 Å². The van der Waals surface area contributed by atoms with Crippen LogP contribution in [-0.2, 0) is 21.2 Å². The Morgan fingerprint density at radius 3 is 2.63 bits per heavy atom. The predicted octanol–water partition coefficient (Wildman–Crippen LogP) is 4.80. The number of ether oxygens (including phenoxy) is 1. The highest BCUT2D eigenvalue weighted by molar-refractivity contribution is 7.93. The zero-order valence-corrected chi connectivity index (χ0v) is 20.2. The van der Waals surface area contributed by atoms with Crippen molar-refractivity contribution in [2.45, 2.75) is 45.5 Å². The van der Waals surface area contributed by atoms with E-state index in [2.05, 4.69) is 20.2 Å². The first-order valence-electron chi connectivity index (χ1n) is 10.9. The lowest BCUT2D eigenvalue weighted by molar-refractivity contribution is -0.0429. The summed E-state index contributed by atoms with van der Waals surface area (Å²) in [4.78, 5) is 21.9. The molecule has 0 aliphatic carbocycles. The van der Waals surface area contributed by atoms with Crippen molar-refractivity contribution >= 4 is 39.0 Å². The molecule has 1 aliphatic rings. The van der Waals surface area contributed by atoms with Crippen molar-refractivity contribution < 1.29 is 31.1 Å². The third-order valence-electron chi connectivity index (χ3n) is 5.16. The Balaban J connectivity index is 2.02. The highest BCUT2D eigenvalue weighted by Gasteiger charge is 2.46. The molecule has 1 aliphatic heterocycles. The fraction of sp³-hybridized carbons (Fsp3) is 0.476. The molecule has 0 saturated heterocycles. The summed E-state index contributed by atoms with van der Waals surface area (Å²) in [5.41, 5.74) is -4.14. The maximum atomic E-state index is 13.1. The summed E-state index contributed by atoms with van der Waals surface area (Å²) in [5, 5.41) is 7.81. The third-order valence-corrected chi connectivity index (χ3v) is 6.26. The number of fused-ring (bicyclic) bond motifs is 1. The molecule has 190 valence electrons. The second-order valence-electron chi connectivity index (χ2n) is 7.73. The second kappa shape index (κ2) is 10.5. The minimum absolute atomic E-state index is 0.120. The highest BCUT2D eigenvalue weighted by atomic mass is 32.2. The first kappa shape index (κ1) is 26.3. The molecule has 0 amide bonds. The smallest absolute Gasteiger partial charge is 0.462 e. The van der Waals surface area contributed by atoms with Crippen molar-refractivity contribution in [1.82, 2.24) is 9.97 Å². The summed E-state index contributed by atoms with van der Waals surface area (Å²) < 4.78 is 69.4. The summed E-state index contributed by atoms with van der Waals surface area (Å²) in [6.45, 7) is 6.70. The molecule has 0 saturated carbocycles. The van der Waals surface area contributed by atoms with Crippen molar-refractivity contribution in [2.75, 3.05) is 29.3 Å². The van der Waals surface area contributed by atoms with Gasteiger partial charge in [-0.2, -0.15) is 21.6 Å². The van der Waals surface area contributed by atoms with Crippen LogP contribution in [0.5, 0.6) is 0 Å². The number of aromatic nitrogens is 2. The van der Waals surface area contributed by atoms with E-state index in [9.17, 15) is 26.4 Å². The quantitative estimate of drug-likeness (QED) is 0.396. The number of nitrogens with zero attached hydrogens (tertiary/aromatic N) is 5. The molecule has 3 rings (SSSR count). The van der Waals surface area contributed by atoms with Crippen molar-refractivity contribution in [1.29, 1.82) is 0 Å². The van der Waals surface area contributed by atoms with Gasteiger partial charge in [-0.05, 0) is 50.8 Å². The van der Waals surface area contributed by atoms with Crippen LogP contribution >= 0.6 is 0 Å². The van der Waals surface area contributed by atoms with Crippen LogP contribution < -0.4 is 9.62 Å². The summed E-state index contributed by atoms with van der Waals surface area (Å²) in [6, 6.07) is 2.85. The zero-order chi connectivity index (χ0) is 25.8. The number of azo groups is 1. The molecule has 2 heterocycles. The van der Waals surface area contributed by atoms with E-state index in [1.54, 1.807) is 11.6 Å². The zero-order valence-electron chi connectivity index (χ0n) is 19.4. The van der Waals surface area contributed by atoms with Crippen LogP contribution in [-0.4, -0.2) is 49.6 Å². The number of anilines is 2. The normalized spacial score (nSPS) is 14.2. The first-order valence-corrected chi connectivity index (χ1v) is 12.4. The molecule has 10 nitrogen and oxygen atoms in total. The van der Waals surface area contributed by atoms with Gasteiger partial charge in [-0.1, -0.05) is 6.92 Å². The Morgan fingerprint density at radius 2 is 2.00 bits per heavy atom. The van der Waals surface area contributed by atoms with Crippen LogP contribution in [0.2, 0.25) is 0 Å². The van der Waals surface area contributed by atoms with E-state index >= 15 is 0 Å². The fourth-order valence-electron chi connectivity index (χ4n) is 3.58. The summed E-state index contributed by atoms with van der Waals surface area (Å²) in [6.07, 6.45) is 3.49. The van der Waals surface area contributed by atoms with Crippen molar-refractivity contribution in [3.63, 3.8) is 0 Å².